The van der Waals surface area contributed by atoms with Crippen LogP contribution in [0.15, 0.2) is 42.5 Å². The smallest absolute Gasteiger partial charge is 0.146 e. The van der Waals surface area contributed by atoms with Crippen molar-refractivity contribution >= 4 is 23.0 Å². The Balaban J connectivity index is 2.47. The van der Waals surface area contributed by atoms with Crippen LogP contribution in [0.1, 0.15) is 5.56 Å². The molecule has 0 fully saturated rings. The molecule has 2 rings (SSSR count). The first kappa shape index (κ1) is 13.8. The van der Waals surface area contributed by atoms with Crippen molar-refractivity contribution < 1.29 is 4.39 Å². The second-order valence-corrected chi connectivity index (χ2v) is 4.69. The number of para-hydroxylation sites is 1. The molecule has 4 heteroatoms. The van der Waals surface area contributed by atoms with E-state index in [0.717, 1.165) is 11.3 Å². The van der Waals surface area contributed by atoms with Gasteiger partial charge in [0.1, 0.15) is 5.82 Å². The molecular weight excluding hydrogens is 263 g/mol. The molecule has 0 aliphatic heterocycles. The molecule has 19 heavy (non-hydrogen) atoms. The second kappa shape index (κ2) is 6.04. The highest BCUT2D eigenvalue weighted by molar-refractivity contribution is 6.31. The van der Waals surface area contributed by atoms with E-state index in [2.05, 4.69) is 5.32 Å². The second-order valence-electron chi connectivity index (χ2n) is 4.28. The topological polar surface area (TPSA) is 15.3 Å². The van der Waals surface area contributed by atoms with Gasteiger partial charge in [-0.15, -0.1) is 0 Å². The third-order valence-corrected chi connectivity index (χ3v) is 3.38. The third-order valence-electron chi connectivity index (χ3n) is 3.02. The largest absolute Gasteiger partial charge is 0.342 e. The summed E-state index contributed by atoms with van der Waals surface area (Å²) in [6, 6.07) is 12.3. The fourth-order valence-corrected chi connectivity index (χ4v) is 2.30. The van der Waals surface area contributed by atoms with E-state index in [9.17, 15) is 4.39 Å². The first-order chi connectivity index (χ1) is 9.15. The Morgan fingerprint density at radius 1 is 1.11 bits per heavy atom. The van der Waals surface area contributed by atoms with Crippen LogP contribution in [0.4, 0.5) is 15.8 Å². The van der Waals surface area contributed by atoms with Crippen LogP contribution in [0.3, 0.4) is 0 Å². The molecule has 0 heterocycles. The van der Waals surface area contributed by atoms with Crippen molar-refractivity contribution in [1.29, 1.82) is 0 Å². The van der Waals surface area contributed by atoms with Crippen LogP contribution in [-0.4, -0.2) is 14.1 Å². The minimum Gasteiger partial charge on any atom is -0.342 e. The number of halogens is 2. The SMILES string of the molecule is CNCc1c(Cl)cccc1N(C)c1ccccc1F. The monoisotopic (exact) mass is 278 g/mol. The number of nitrogens with zero attached hydrogens (tertiary/aromatic N) is 1. The number of nitrogens with one attached hydrogen (secondary N) is 1. The molecule has 0 aromatic heterocycles. The molecule has 0 spiro atoms. The van der Waals surface area contributed by atoms with Crippen LogP contribution >= 0.6 is 11.6 Å². The van der Waals surface area contributed by atoms with Crippen molar-refractivity contribution in [3.63, 3.8) is 0 Å². The molecule has 0 atom stereocenters. The summed E-state index contributed by atoms with van der Waals surface area (Å²) >= 11 is 6.22. The summed E-state index contributed by atoms with van der Waals surface area (Å²) < 4.78 is 13.9. The standard InChI is InChI=1S/C15H16ClFN2/c1-18-10-11-12(16)6-5-9-14(11)19(2)15-8-4-3-7-13(15)17/h3-9,18H,10H2,1-2H3. The third kappa shape index (κ3) is 2.88. The molecule has 0 aliphatic carbocycles. The molecule has 1 N–H and O–H groups in total. The van der Waals surface area contributed by atoms with Crippen LogP contribution in [-0.2, 0) is 6.54 Å². The van der Waals surface area contributed by atoms with E-state index in [1.165, 1.54) is 6.07 Å². The van der Waals surface area contributed by atoms with Crippen LogP contribution in [0.5, 0.6) is 0 Å². The lowest BCUT2D eigenvalue weighted by Crippen LogP contribution is -2.16. The van der Waals surface area contributed by atoms with Gasteiger partial charge in [0.15, 0.2) is 0 Å². The lowest BCUT2D eigenvalue weighted by atomic mass is 10.1. The van der Waals surface area contributed by atoms with Crippen molar-refractivity contribution in [1.82, 2.24) is 5.32 Å². The molecule has 100 valence electrons. The van der Waals surface area contributed by atoms with Gasteiger partial charge in [-0.1, -0.05) is 29.8 Å². The minimum absolute atomic E-state index is 0.250. The quantitative estimate of drug-likeness (QED) is 0.910. The minimum atomic E-state index is -0.250. The average molecular weight is 279 g/mol. The van der Waals surface area contributed by atoms with E-state index in [1.54, 1.807) is 12.1 Å². The van der Waals surface area contributed by atoms with Crippen LogP contribution in [0.25, 0.3) is 0 Å². The van der Waals surface area contributed by atoms with Gasteiger partial charge in [-0.3, -0.25) is 0 Å². The molecule has 2 aromatic carbocycles. The molecule has 0 amide bonds. The Kier molecular flexibility index (Phi) is 4.40. The van der Waals surface area contributed by atoms with E-state index in [-0.39, 0.29) is 5.82 Å². The summed E-state index contributed by atoms with van der Waals surface area (Å²) in [5.74, 6) is -0.250. The fraction of sp³-hybridized carbons (Fsp3) is 0.200. The molecular formula is C15H16ClFN2. The maximum atomic E-state index is 13.9. The van der Waals surface area contributed by atoms with Gasteiger partial charge in [0.05, 0.1) is 5.69 Å². The highest BCUT2D eigenvalue weighted by Gasteiger charge is 2.14. The van der Waals surface area contributed by atoms with Gasteiger partial charge in [-0.25, -0.2) is 4.39 Å². The van der Waals surface area contributed by atoms with E-state index < -0.39 is 0 Å². The van der Waals surface area contributed by atoms with Gasteiger partial charge in [0.2, 0.25) is 0 Å². The van der Waals surface area contributed by atoms with Gasteiger partial charge in [-0.05, 0) is 31.3 Å². The number of benzene rings is 2. The van der Waals surface area contributed by atoms with Gasteiger partial charge in [0, 0.05) is 29.9 Å². The molecule has 0 unspecified atom stereocenters. The lowest BCUT2D eigenvalue weighted by molar-refractivity contribution is 0.627. The first-order valence-corrected chi connectivity index (χ1v) is 6.43. The maximum absolute atomic E-state index is 13.9. The maximum Gasteiger partial charge on any atom is 0.146 e. The van der Waals surface area contributed by atoms with Crippen molar-refractivity contribution in [3.8, 4) is 0 Å². The molecule has 0 radical (unpaired) electrons. The summed E-state index contributed by atoms with van der Waals surface area (Å²) in [6.07, 6.45) is 0. The van der Waals surface area contributed by atoms with Gasteiger partial charge in [-0.2, -0.15) is 0 Å². The number of hydrogen-bond acceptors (Lipinski definition) is 2. The van der Waals surface area contributed by atoms with Crippen LogP contribution in [0, 0.1) is 5.82 Å². The zero-order valence-corrected chi connectivity index (χ0v) is 11.7. The van der Waals surface area contributed by atoms with Gasteiger partial charge < -0.3 is 10.2 Å². The Hall–Kier alpha value is -1.58. The van der Waals surface area contributed by atoms with Crippen molar-refractivity contribution in [2.45, 2.75) is 6.54 Å². The zero-order valence-electron chi connectivity index (χ0n) is 11.0. The van der Waals surface area contributed by atoms with Crippen molar-refractivity contribution in [2.24, 2.45) is 0 Å². The van der Waals surface area contributed by atoms with E-state index in [1.807, 2.05) is 43.3 Å². The van der Waals surface area contributed by atoms with Gasteiger partial charge >= 0.3 is 0 Å². The molecule has 0 aliphatic rings. The van der Waals surface area contributed by atoms with Crippen molar-refractivity contribution in [3.05, 3.63) is 58.9 Å². The molecule has 2 aromatic rings. The van der Waals surface area contributed by atoms with E-state index in [4.69, 9.17) is 11.6 Å². The first-order valence-electron chi connectivity index (χ1n) is 6.05. The predicted octanol–water partition coefficient (Wildman–Crippen LogP) is 3.97. The predicted molar refractivity (Wildman–Crippen MR) is 78.7 cm³/mol. The highest BCUT2D eigenvalue weighted by Crippen LogP contribution is 2.32. The van der Waals surface area contributed by atoms with Crippen LogP contribution in [0.2, 0.25) is 5.02 Å². The molecule has 0 saturated heterocycles. The summed E-state index contributed by atoms with van der Waals surface area (Å²) in [6.45, 7) is 0.633. The van der Waals surface area contributed by atoms with Crippen molar-refractivity contribution in [2.75, 3.05) is 19.0 Å². The average Bonchev–Trinajstić information content (AvgIpc) is 2.41. The zero-order chi connectivity index (χ0) is 13.8. The summed E-state index contributed by atoms with van der Waals surface area (Å²) in [7, 11) is 3.69. The van der Waals surface area contributed by atoms with Crippen LogP contribution < -0.4 is 10.2 Å². The Bertz CT molecular complexity index is 572. The fourth-order valence-electron chi connectivity index (χ4n) is 2.07. The van der Waals surface area contributed by atoms with E-state index >= 15 is 0 Å². The summed E-state index contributed by atoms with van der Waals surface area (Å²) in [5.41, 5.74) is 2.38. The molecule has 0 bridgehead atoms. The number of hydrogen-bond donors (Lipinski definition) is 1. The summed E-state index contributed by atoms with van der Waals surface area (Å²) in [5, 5.41) is 3.76. The molecule has 2 nitrogen and oxygen atoms in total. The Morgan fingerprint density at radius 2 is 1.79 bits per heavy atom. The lowest BCUT2D eigenvalue weighted by Gasteiger charge is -2.23. The van der Waals surface area contributed by atoms with E-state index in [0.29, 0.717) is 17.3 Å². The Morgan fingerprint density at radius 3 is 2.47 bits per heavy atom. The number of anilines is 2. The summed E-state index contributed by atoms with van der Waals surface area (Å²) in [4.78, 5) is 1.81. The Labute approximate surface area is 117 Å². The normalized spacial score (nSPS) is 10.5. The highest BCUT2D eigenvalue weighted by atomic mass is 35.5. The molecule has 0 saturated carbocycles. The van der Waals surface area contributed by atoms with Gasteiger partial charge in [0.25, 0.3) is 0 Å². The number of rotatable bonds is 4.